The highest BCUT2D eigenvalue weighted by Gasteiger charge is 2.06. The van der Waals surface area contributed by atoms with E-state index in [2.05, 4.69) is 17.2 Å². The zero-order chi connectivity index (χ0) is 14.4. The van der Waals surface area contributed by atoms with E-state index in [4.69, 9.17) is 0 Å². The largest absolute Gasteiger partial charge is 0.329 e. The molecule has 20 heavy (non-hydrogen) atoms. The fourth-order valence-corrected chi connectivity index (χ4v) is 1.95. The number of nitrogens with one attached hydrogen (secondary N) is 1. The zero-order valence-corrected chi connectivity index (χ0v) is 11.5. The lowest BCUT2D eigenvalue weighted by atomic mass is 10.2. The molecule has 2 aromatic rings. The second kappa shape index (κ2) is 6.81. The van der Waals surface area contributed by atoms with Crippen molar-refractivity contribution >= 4 is 5.69 Å². The molecule has 1 aromatic carbocycles. The number of hydrogen-bond donors (Lipinski definition) is 1. The number of hydrogen-bond acceptors (Lipinski definition) is 4. The van der Waals surface area contributed by atoms with Crippen molar-refractivity contribution < 1.29 is 4.92 Å². The Hall–Kier alpha value is -2.21. The van der Waals surface area contributed by atoms with Crippen LogP contribution < -0.4 is 5.32 Å². The predicted octanol–water partition coefficient (Wildman–Crippen LogP) is 2.34. The summed E-state index contributed by atoms with van der Waals surface area (Å²) in [5.74, 6) is 0.969. The zero-order valence-electron chi connectivity index (χ0n) is 11.5. The third kappa shape index (κ3) is 3.64. The van der Waals surface area contributed by atoms with E-state index in [1.54, 1.807) is 18.3 Å². The lowest BCUT2D eigenvalue weighted by Gasteiger charge is -2.08. The van der Waals surface area contributed by atoms with Crippen LogP contribution in [0.2, 0.25) is 0 Å². The molecule has 0 aliphatic rings. The lowest BCUT2D eigenvalue weighted by Crippen LogP contribution is -2.17. The van der Waals surface area contributed by atoms with Gasteiger partial charge in [0.05, 0.1) is 11.5 Å². The molecular weight excluding hydrogens is 256 g/mol. The highest BCUT2D eigenvalue weighted by atomic mass is 16.6. The summed E-state index contributed by atoms with van der Waals surface area (Å²) in [5.41, 5.74) is 1.13. The Balaban J connectivity index is 2.02. The molecule has 0 aliphatic heterocycles. The van der Waals surface area contributed by atoms with Gasteiger partial charge in [0.2, 0.25) is 0 Å². The number of imidazole rings is 1. The number of nitro groups is 1. The van der Waals surface area contributed by atoms with Crippen molar-refractivity contribution in [3.8, 4) is 0 Å². The van der Waals surface area contributed by atoms with E-state index in [0.717, 1.165) is 30.9 Å². The lowest BCUT2D eigenvalue weighted by molar-refractivity contribution is -0.384. The molecule has 1 heterocycles. The van der Waals surface area contributed by atoms with Crippen molar-refractivity contribution in [2.45, 2.75) is 26.4 Å². The third-order valence-corrected chi connectivity index (χ3v) is 3.01. The Morgan fingerprint density at radius 2 is 2.10 bits per heavy atom. The number of nitro benzene ring substituents is 1. The van der Waals surface area contributed by atoms with Crippen LogP contribution >= 0.6 is 0 Å². The molecule has 6 nitrogen and oxygen atoms in total. The Labute approximate surface area is 117 Å². The first-order valence-corrected chi connectivity index (χ1v) is 6.64. The van der Waals surface area contributed by atoms with Gasteiger partial charge in [0.1, 0.15) is 5.82 Å². The average Bonchev–Trinajstić information content (AvgIpc) is 2.87. The molecule has 1 N–H and O–H groups in total. The number of aromatic nitrogens is 2. The van der Waals surface area contributed by atoms with Crippen LogP contribution in [0.4, 0.5) is 5.69 Å². The van der Waals surface area contributed by atoms with Crippen molar-refractivity contribution in [1.82, 2.24) is 14.9 Å². The van der Waals surface area contributed by atoms with Crippen molar-refractivity contribution in [1.29, 1.82) is 0 Å². The maximum absolute atomic E-state index is 10.6. The number of rotatable bonds is 7. The van der Waals surface area contributed by atoms with E-state index in [-0.39, 0.29) is 10.6 Å². The van der Waals surface area contributed by atoms with Gasteiger partial charge in [0.15, 0.2) is 0 Å². The van der Waals surface area contributed by atoms with Crippen LogP contribution in [0.5, 0.6) is 0 Å². The minimum Gasteiger partial charge on any atom is -0.329 e. The van der Waals surface area contributed by atoms with Crippen LogP contribution in [0.3, 0.4) is 0 Å². The smallest absolute Gasteiger partial charge is 0.269 e. The summed E-state index contributed by atoms with van der Waals surface area (Å²) in [5, 5.41) is 13.9. The first-order valence-electron chi connectivity index (χ1n) is 6.64. The maximum atomic E-state index is 10.6. The van der Waals surface area contributed by atoms with Gasteiger partial charge in [-0.15, -0.1) is 0 Å². The quantitative estimate of drug-likeness (QED) is 0.478. The fourth-order valence-electron chi connectivity index (χ4n) is 1.95. The van der Waals surface area contributed by atoms with Crippen molar-refractivity contribution in [3.05, 3.63) is 58.2 Å². The molecular formula is C14H18N4O2. The van der Waals surface area contributed by atoms with Gasteiger partial charge in [0, 0.05) is 31.1 Å². The van der Waals surface area contributed by atoms with E-state index in [9.17, 15) is 10.1 Å². The molecule has 0 bridgehead atoms. The first-order chi connectivity index (χ1) is 9.70. The maximum Gasteiger partial charge on any atom is 0.269 e. The van der Waals surface area contributed by atoms with Crippen LogP contribution in [0.15, 0.2) is 36.7 Å². The summed E-state index contributed by atoms with van der Waals surface area (Å²) in [4.78, 5) is 14.5. The van der Waals surface area contributed by atoms with Gasteiger partial charge in [-0.25, -0.2) is 4.98 Å². The van der Waals surface area contributed by atoms with Crippen molar-refractivity contribution in [3.63, 3.8) is 0 Å². The molecule has 6 heteroatoms. The summed E-state index contributed by atoms with van der Waals surface area (Å²) in [7, 11) is 0. The van der Waals surface area contributed by atoms with Gasteiger partial charge in [-0.3, -0.25) is 10.1 Å². The van der Waals surface area contributed by atoms with Crippen LogP contribution in [0.1, 0.15) is 24.7 Å². The Kier molecular flexibility index (Phi) is 4.84. The second-order valence-corrected chi connectivity index (χ2v) is 4.57. The SMILES string of the molecule is CCCNCc1nccn1Cc1ccc([N+](=O)[O-])cc1. The second-order valence-electron chi connectivity index (χ2n) is 4.57. The summed E-state index contributed by atoms with van der Waals surface area (Å²) < 4.78 is 2.05. The van der Waals surface area contributed by atoms with Crippen LogP contribution in [-0.4, -0.2) is 21.0 Å². The van der Waals surface area contributed by atoms with Crippen molar-refractivity contribution in [2.24, 2.45) is 0 Å². The first kappa shape index (κ1) is 14.2. The molecule has 0 saturated heterocycles. The Bertz CT molecular complexity index is 563. The van der Waals surface area contributed by atoms with Crippen LogP contribution in [-0.2, 0) is 13.1 Å². The average molecular weight is 274 g/mol. The molecule has 0 amide bonds. The molecule has 0 unspecified atom stereocenters. The molecule has 0 saturated carbocycles. The highest BCUT2D eigenvalue weighted by molar-refractivity contribution is 5.33. The van der Waals surface area contributed by atoms with Gasteiger partial charge >= 0.3 is 0 Å². The number of benzene rings is 1. The van der Waals surface area contributed by atoms with Gasteiger partial charge in [-0.1, -0.05) is 19.1 Å². The number of non-ortho nitro benzene ring substituents is 1. The van der Waals surface area contributed by atoms with E-state index >= 15 is 0 Å². The fraction of sp³-hybridized carbons (Fsp3) is 0.357. The molecule has 0 fully saturated rings. The van der Waals surface area contributed by atoms with E-state index in [0.29, 0.717) is 6.54 Å². The topological polar surface area (TPSA) is 73.0 Å². The highest BCUT2D eigenvalue weighted by Crippen LogP contribution is 2.13. The number of nitrogens with zero attached hydrogens (tertiary/aromatic N) is 3. The van der Waals surface area contributed by atoms with Gasteiger partial charge in [-0.2, -0.15) is 0 Å². The Morgan fingerprint density at radius 1 is 1.35 bits per heavy atom. The van der Waals surface area contributed by atoms with Gasteiger partial charge < -0.3 is 9.88 Å². The minimum absolute atomic E-state index is 0.115. The van der Waals surface area contributed by atoms with Crippen LogP contribution in [0.25, 0.3) is 0 Å². The summed E-state index contributed by atoms with van der Waals surface area (Å²) >= 11 is 0. The molecule has 0 spiro atoms. The van der Waals surface area contributed by atoms with Crippen molar-refractivity contribution in [2.75, 3.05) is 6.54 Å². The van der Waals surface area contributed by atoms with E-state index in [1.807, 2.05) is 10.8 Å². The minimum atomic E-state index is -0.388. The summed E-state index contributed by atoms with van der Waals surface area (Å²) in [6.45, 7) is 4.48. The molecule has 1 aromatic heterocycles. The van der Waals surface area contributed by atoms with Gasteiger partial charge in [-0.05, 0) is 18.5 Å². The van der Waals surface area contributed by atoms with Crippen LogP contribution in [0, 0.1) is 10.1 Å². The standard InChI is InChI=1S/C14H18N4O2/c1-2-7-15-10-14-16-8-9-17(14)11-12-3-5-13(6-4-12)18(19)20/h3-6,8-9,15H,2,7,10-11H2,1H3. The molecule has 2 rings (SSSR count). The van der Waals surface area contributed by atoms with E-state index < -0.39 is 0 Å². The monoisotopic (exact) mass is 274 g/mol. The van der Waals surface area contributed by atoms with E-state index in [1.165, 1.54) is 12.1 Å². The van der Waals surface area contributed by atoms with Gasteiger partial charge in [0.25, 0.3) is 5.69 Å². The Morgan fingerprint density at radius 3 is 2.75 bits per heavy atom. The summed E-state index contributed by atoms with van der Waals surface area (Å²) in [6, 6.07) is 6.62. The normalized spacial score (nSPS) is 10.7. The molecule has 0 radical (unpaired) electrons. The third-order valence-electron chi connectivity index (χ3n) is 3.01. The summed E-state index contributed by atoms with van der Waals surface area (Å²) in [6.07, 6.45) is 4.78. The molecule has 106 valence electrons. The molecule has 0 aliphatic carbocycles. The predicted molar refractivity (Wildman–Crippen MR) is 76.4 cm³/mol. The molecule has 0 atom stereocenters.